The van der Waals surface area contributed by atoms with E-state index in [9.17, 15) is 9.90 Å². The third-order valence-corrected chi connectivity index (χ3v) is 4.85. The number of nitrogens with one attached hydrogen (secondary N) is 1. The van der Waals surface area contributed by atoms with Crippen LogP contribution in [0, 0.1) is 5.92 Å². The molecule has 0 aliphatic carbocycles. The molecule has 2 aromatic rings. The Bertz CT molecular complexity index is 798. The molecule has 0 saturated carbocycles. The van der Waals surface area contributed by atoms with Crippen molar-refractivity contribution in [2.24, 2.45) is 11.0 Å². The van der Waals surface area contributed by atoms with Crippen LogP contribution in [0.15, 0.2) is 41.5 Å². The van der Waals surface area contributed by atoms with Gasteiger partial charge in [-0.15, -0.1) is 12.4 Å². The molecule has 0 unspecified atom stereocenters. The lowest BCUT2D eigenvalue weighted by Crippen LogP contribution is -2.48. The molecule has 126 valence electrons. The molecule has 1 amide bonds. The number of carbonyl (C=O) groups is 1. The number of aromatic hydroxyl groups is 1. The molecule has 5 rings (SSSR count). The van der Waals surface area contributed by atoms with Crippen LogP contribution in [0.25, 0.3) is 10.8 Å². The number of phenolic OH excluding ortho intramolecular Hbond substituents is 1. The molecule has 2 bridgehead atoms. The molecule has 3 fully saturated rings. The second-order valence-corrected chi connectivity index (χ2v) is 6.31. The van der Waals surface area contributed by atoms with Crippen molar-refractivity contribution in [2.75, 3.05) is 19.6 Å². The summed E-state index contributed by atoms with van der Waals surface area (Å²) < 4.78 is 0. The summed E-state index contributed by atoms with van der Waals surface area (Å²) in [5.41, 5.74) is 3.93. The Morgan fingerprint density at radius 3 is 2.46 bits per heavy atom. The van der Waals surface area contributed by atoms with Crippen LogP contribution in [0.5, 0.6) is 5.75 Å². The summed E-state index contributed by atoms with van der Waals surface area (Å²) in [7, 11) is 0. The number of halogens is 1. The van der Waals surface area contributed by atoms with Gasteiger partial charge in [0.1, 0.15) is 5.75 Å². The second-order valence-electron chi connectivity index (χ2n) is 6.31. The number of fused-ring (bicyclic) bond motifs is 4. The number of hydrazone groups is 1. The molecule has 0 atom stereocenters. The third kappa shape index (κ3) is 3.09. The van der Waals surface area contributed by atoms with Crippen molar-refractivity contribution in [2.45, 2.75) is 12.8 Å². The van der Waals surface area contributed by atoms with Crippen molar-refractivity contribution < 1.29 is 9.90 Å². The Kier molecular flexibility index (Phi) is 4.73. The molecule has 3 heterocycles. The number of nitrogens with zero attached hydrogens (tertiary/aromatic N) is 2. The molecule has 6 heteroatoms. The summed E-state index contributed by atoms with van der Waals surface area (Å²) in [6.45, 7) is 3.10. The number of carbonyl (C=O) groups excluding carboxylic acids is 1. The molecule has 24 heavy (non-hydrogen) atoms. The molecule has 0 spiro atoms. The zero-order valence-electron chi connectivity index (χ0n) is 13.2. The van der Waals surface area contributed by atoms with Crippen LogP contribution < -0.4 is 5.43 Å². The van der Waals surface area contributed by atoms with E-state index in [-0.39, 0.29) is 29.6 Å². The van der Waals surface area contributed by atoms with Crippen LogP contribution in [0.1, 0.15) is 23.2 Å². The summed E-state index contributed by atoms with van der Waals surface area (Å²) in [5, 5.41) is 16.3. The first-order valence-electron chi connectivity index (χ1n) is 8.01. The van der Waals surface area contributed by atoms with Crippen molar-refractivity contribution in [3.63, 3.8) is 0 Å². The predicted octanol–water partition coefficient (Wildman–Crippen LogP) is 2.78. The Balaban J connectivity index is 0.00000169. The topological polar surface area (TPSA) is 64.9 Å². The van der Waals surface area contributed by atoms with Gasteiger partial charge < -0.3 is 5.11 Å². The minimum atomic E-state index is -0.364. The molecular formula is C18H20ClN3O2. The maximum absolute atomic E-state index is 12.4. The van der Waals surface area contributed by atoms with E-state index in [1.54, 1.807) is 12.1 Å². The first kappa shape index (κ1) is 16.7. The van der Waals surface area contributed by atoms with Crippen LogP contribution >= 0.6 is 12.4 Å². The molecule has 0 aromatic heterocycles. The Morgan fingerprint density at radius 2 is 1.83 bits per heavy atom. The summed E-state index contributed by atoms with van der Waals surface area (Å²) in [5.74, 6) is 0.109. The van der Waals surface area contributed by atoms with Crippen LogP contribution in [-0.2, 0) is 0 Å². The van der Waals surface area contributed by atoms with E-state index in [2.05, 4.69) is 15.4 Å². The molecule has 2 N–H and O–H groups in total. The van der Waals surface area contributed by atoms with Gasteiger partial charge in [0.15, 0.2) is 0 Å². The van der Waals surface area contributed by atoms with Gasteiger partial charge in [-0.2, -0.15) is 5.10 Å². The Morgan fingerprint density at radius 1 is 1.17 bits per heavy atom. The average molecular weight is 346 g/mol. The lowest BCUT2D eigenvalue weighted by molar-refractivity contribution is 0.0950. The van der Waals surface area contributed by atoms with Crippen LogP contribution in [0.2, 0.25) is 0 Å². The van der Waals surface area contributed by atoms with E-state index in [0.717, 1.165) is 49.0 Å². The Labute approximate surface area is 146 Å². The molecule has 3 aliphatic rings. The van der Waals surface area contributed by atoms with E-state index >= 15 is 0 Å². The van der Waals surface area contributed by atoms with E-state index < -0.39 is 0 Å². The number of hydrogen-bond donors (Lipinski definition) is 2. The summed E-state index contributed by atoms with van der Waals surface area (Å²) >= 11 is 0. The molecule has 5 nitrogen and oxygen atoms in total. The fourth-order valence-electron chi connectivity index (χ4n) is 3.50. The smallest absolute Gasteiger partial charge is 0.275 e. The van der Waals surface area contributed by atoms with Gasteiger partial charge in [0, 0.05) is 12.5 Å². The van der Waals surface area contributed by atoms with Gasteiger partial charge >= 0.3 is 0 Å². The SMILES string of the molecule is Cl.O=C(N/N=C1/CN2CCC1CC2)c1cc2ccccc2cc1O. The van der Waals surface area contributed by atoms with Gasteiger partial charge in [0.2, 0.25) is 0 Å². The number of rotatable bonds is 2. The summed E-state index contributed by atoms with van der Waals surface area (Å²) in [4.78, 5) is 14.7. The van der Waals surface area contributed by atoms with Gasteiger partial charge in [-0.25, -0.2) is 5.43 Å². The highest BCUT2D eigenvalue weighted by Gasteiger charge is 2.31. The molecule has 2 aromatic carbocycles. The van der Waals surface area contributed by atoms with Crippen molar-refractivity contribution in [3.05, 3.63) is 42.0 Å². The monoisotopic (exact) mass is 345 g/mol. The first-order valence-corrected chi connectivity index (χ1v) is 8.01. The highest BCUT2D eigenvalue weighted by Crippen LogP contribution is 2.26. The minimum absolute atomic E-state index is 0. The first-order chi connectivity index (χ1) is 11.2. The number of amides is 1. The van der Waals surface area contributed by atoms with Gasteiger partial charge in [-0.05, 0) is 48.8 Å². The fourth-order valence-corrected chi connectivity index (χ4v) is 3.50. The van der Waals surface area contributed by atoms with E-state index in [1.807, 2.05) is 24.3 Å². The van der Waals surface area contributed by atoms with Gasteiger partial charge in [0.25, 0.3) is 5.91 Å². The van der Waals surface area contributed by atoms with Crippen molar-refractivity contribution in [3.8, 4) is 5.75 Å². The van der Waals surface area contributed by atoms with Crippen molar-refractivity contribution in [1.82, 2.24) is 10.3 Å². The number of piperidine rings is 3. The lowest BCUT2D eigenvalue weighted by atomic mass is 9.87. The largest absolute Gasteiger partial charge is 0.507 e. The third-order valence-electron chi connectivity index (χ3n) is 4.85. The van der Waals surface area contributed by atoms with Gasteiger partial charge in [0.05, 0.1) is 11.3 Å². The van der Waals surface area contributed by atoms with Gasteiger partial charge in [-0.1, -0.05) is 24.3 Å². The quantitative estimate of drug-likeness (QED) is 0.823. The standard InChI is InChI=1S/C18H19N3O2.ClH/c22-17-10-14-4-2-1-3-13(14)9-15(17)18(23)20-19-16-11-21-7-5-12(16)6-8-21;/h1-4,9-10,12,22H,5-8,11H2,(H,20,23);1H/b19-16-;. The van der Waals surface area contributed by atoms with Gasteiger partial charge in [-0.3, -0.25) is 9.69 Å². The van der Waals surface area contributed by atoms with Crippen LogP contribution in [0.4, 0.5) is 0 Å². The lowest BCUT2D eigenvalue weighted by Gasteiger charge is -2.39. The normalized spacial score (nSPS) is 23.9. The maximum Gasteiger partial charge on any atom is 0.275 e. The van der Waals surface area contributed by atoms with Crippen molar-refractivity contribution >= 4 is 34.8 Å². The highest BCUT2D eigenvalue weighted by molar-refractivity contribution is 6.02. The summed E-state index contributed by atoms with van der Waals surface area (Å²) in [6.07, 6.45) is 2.24. The fraction of sp³-hybridized carbons (Fsp3) is 0.333. The van der Waals surface area contributed by atoms with E-state index in [1.165, 1.54) is 0 Å². The van der Waals surface area contributed by atoms with E-state index in [0.29, 0.717) is 5.92 Å². The highest BCUT2D eigenvalue weighted by atomic mass is 35.5. The Hall–Kier alpha value is -2.11. The molecular weight excluding hydrogens is 326 g/mol. The van der Waals surface area contributed by atoms with Crippen LogP contribution in [0.3, 0.4) is 0 Å². The number of benzene rings is 2. The number of hydrogen-bond acceptors (Lipinski definition) is 4. The van der Waals surface area contributed by atoms with Crippen molar-refractivity contribution in [1.29, 1.82) is 0 Å². The molecule has 0 radical (unpaired) electrons. The molecule has 3 saturated heterocycles. The zero-order valence-corrected chi connectivity index (χ0v) is 14.1. The maximum atomic E-state index is 12.4. The average Bonchev–Trinajstić information content (AvgIpc) is 2.60. The predicted molar refractivity (Wildman–Crippen MR) is 96.9 cm³/mol. The van der Waals surface area contributed by atoms with E-state index in [4.69, 9.17) is 0 Å². The molecule has 3 aliphatic heterocycles. The number of phenols is 1. The second kappa shape index (κ2) is 6.79. The zero-order chi connectivity index (χ0) is 15.8. The minimum Gasteiger partial charge on any atom is -0.507 e. The van der Waals surface area contributed by atoms with Crippen LogP contribution in [-0.4, -0.2) is 41.3 Å². The summed E-state index contributed by atoms with van der Waals surface area (Å²) in [6, 6.07) is 11.0.